The fourth-order valence-corrected chi connectivity index (χ4v) is 3.99. The summed E-state index contributed by atoms with van der Waals surface area (Å²) in [4.78, 5) is 27.0. The number of nitrogens with zero attached hydrogens (tertiary/aromatic N) is 1. The van der Waals surface area contributed by atoms with Gasteiger partial charge < -0.3 is 5.11 Å². The van der Waals surface area contributed by atoms with Crippen LogP contribution in [0.3, 0.4) is 0 Å². The van der Waals surface area contributed by atoms with Crippen LogP contribution in [0.4, 0.5) is 0 Å². The fourth-order valence-electron chi connectivity index (χ4n) is 3.99. The van der Waals surface area contributed by atoms with Crippen molar-refractivity contribution in [3.05, 3.63) is 70.8 Å². The molecule has 0 saturated carbocycles. The van der Waals surface area contributed by atoms with Crippen molar-refractivity contribution in [2.45, 2.75) is 37.8 Å². The highest BCUT2D eigenvalue weighted by atomic mass is 16.3. The monoisotopic (exact) mass is 321 g/mol. The molecule has 1 aliphatic carbocycles. The molecule has 1 unspecified atom stereocenters. The maximum Gasteiger partial charge on any atom is 0.240 e. The molecule has 2 aromatic carbocycles. The Morgan fingerprint density at radius 1 is 1.00 bits per heavy atom. The lowest BCUT2D eigenvalue weighted by Crippen LogP contribution is -2.36. The van der Waals surface area contributed by atoms with Gasteiger partial charge in [0.2, 0.25) is 11.8 Å². The molecule has 1 saturated heterocycles. The summed E-state index contributed by atoms with van der Waals surface area (Å²) in [6, 6.07) is 15.3. The average molecular weight is 321 g/mol. The van der Waals surface area contributed by atoms with E-state index in [2.05, 4.69) is 6.07 Å². The highest BCUT2D eigenvalue weighted by Crippen LogP contribution is 2.47. The minimum absolute atomic E-state index is 0.0122. The van der Waals surface area contributed by atoms with Crippen molar-refractivity contribution in [3.8, 4) is 0 Å². The molecule has 24 heavy (non-hydrogen) atoms. The van der Waals surface area contributed by atoms with Crippen molar-refractivity contribution in [1.29, 1.82) is 0 Å². The van der Waals surface area contributed by atoms with E-state index in [0.29, 0.717) is 6.54 Å². The van der Waals surface area contributed by atoms with Crippen molar-refractivity contribution < 1.29 is 14.7 Å². The molecule has 1 heterocycles. The van der Waals surface area contributed by atoms with E-state index >= 15 is 0 Å². The van der Waals surface area contributed by atoms with Gasteiger partial charge in [0.05, 0.1) is 18.6 Å². The molecular formula is C20H19NO3. The maximum atomic E-state index is 13.1. The third kappa shape index (κ3) is 2.18. The number of aryl methyl sites for hydroxylation is 1. The van der Waals surface area contributed by atoms with Gasteiger partial charge in [-0.2, -0.15) is 0 Å². The zero-order chi connectivity index (χ0) is 16.7. The molecule has 2 aliphatic rings. The van der Waals surface area contributed by atoms with E-state index in [1.54, 1.807) is 0 Å². The Bertz CT molecular complexity index is 812. The van der Waals surface area contributed by atoms with Gasteiger partial charge in [-0.15, -0.1) is 0 Å². The molecule has 0 bridgehead atoms. The quantitative estimate of drug-likeness (QED) is 0.883. The largest absolute Gasteiger partial charge is 0.392 e. The predicted molar refractivity (Wildman–Crippen MR) is 89.0 cm³/mol. The molecule has 1 fully saturated rings. The molecule has 0 radical (unpaired) electrons. The van der Waals surface area contributed by atoms with Crippen LogP contribution in [0.5, 0.6) is 0 Å². The van der Waals surface area contributed by atoms with Gasteiger partial charge in [0, 0.05) is 6.42 Å². The van der Waals surface area contributed by atoms with Crippen molar-refractivity contribution in [2.75, 3.05) is 0 Å². The first-order valence-corrected chi connectivity index (χ1v) is 8.26. The van der Waals surface area contributed by atoms with Crippen LogP contribution in [-0.4, -0.2) is 21.8 Å². The summed E-state index contributed by atoms with van der Waals surface area (Å²) >= 11 is 0. The number of imide groups is 1. The first kappa shape index (κ1) is 15.1. The Balaban J connectivity index is 1.63. The molecular weight excluding hydrogens is 302 g/mol. The molecule has 2 aromatic rings. The minimum Gasteiger partial charge on any atom is -0.392 e. The summed E-state index contributed by atoms with van der Waals surface area (Å²) in [6.45, 7) is 0.287. The Hall–Kier alpha value is -2.46. The lowest BCUT2D eigenvalue weighted by molar-refractivity contribution is -0.140. The first-order chi connectivity index (χ1) is 11.6. The molecule has 122 valence electrons. The summed E-state index contributed by atoms with van der Waals surface area (Å²) in [5.74, 6) is -0.161. The number of benzene rings is 2. The normalized spacial score (nSPS) is 22.5. The maximum absolute atomic E-state index is 13.1. The number of carbonyl (C=O) groups excluding carboxylic acids is 2. The molecule has 4 heteroatoms. The Kier molecular flexibility index (Phi) is 3.50. The van der Waals surface area contributed by atoms with Crippen molar-refractivity contribution >= 4 is 11.8 Å². The van der Waals surface area contributed by atoms with E-state index in [4.69, 9.17) is 5.11 Å². The van der Waals surface area contributed by atoms with E-state index in [-0.39, 0.29) is 24.8 Å². The van der Waals surface area contributed by atoms with Gasteiger partial charge in [0.15, 0.2) is 0 Å². The summed E-state index contributed by atoms with van der Waals surface area (Å²) in [5, 5.41) is 9.11. The Morgan fingerprint density at radius 2 is 1.71 bits per heavy atom. The topological polar surface area (TPSA) is 57.6 Å². The Labute approximate surface area is 140 Å². The van der Waals surface area contributed by atoms with E-state index in [9.17, 15) is 9.59 Å². The Morgan fingerprint density at radius 3 is 2.46 bits per heavy atom. The van der Waals surface area contributed by atoms with Gasteiger partial charge in [-0.1, -0.05) is 48.5 Å². The number of likely N-dealkylation sites (tertiary alicyclic amines) is 1. The highest BCUT2D eigenvalue weighted by Gasteiger charge is 2.55. The van der Waals surface area contributed by atoms with Gasteiger partial charge in [-0.3, -0.25) is 14.5 Å². The van der Waals surface area contributed by atoms with Crippen molar-refractivity contribution in [1.82, 2.24) is 4.90 Å². The molecule has 1 aliphatic heterocycles. The predicted octanol–water partition coefficient (Wildman–Crippen LogP) is 2.32. The van der Waals surface area contributed by atoms with Gasteiger partial charge in [-0.05, 0) is 35.1 Å². The zero-order valence-corrected chi connectivity index (χ0v) is 13.4. The summed E-state index contributed by atoms with van der Waals surface area (Å²) in [7, 11) is 0. The van der Waals surface area contributed by atoms with Gasteiger partial charge in [0.25, 0.3) is 0 Å². The average Bonchev–Trinajstić information content (AvgIpc) is 3.10. The van der Waals surface area contributed by atoms with E-state index < -0.39 is 5.41 Å². The van der Waals surface area contributed by atoms with Crippen LogP contribution in [0.25, 0.3) is 0 Å². The number of aliphatic hydroxyl groups excluding tert-OH is 1. The molecule has 0 aromatic heterocycles. The zero-order valence-electron chi connectivity index (χ0n) is 13.4. The lowest BCUT2D eigenvalue weighted by Gasteiger charge is -2.23. The molecule has 4 rings (SSSR count). The van der Waals surface area contributed by atoms with Gasteiger partial charge in [-0.25, -0.2) is 0 Å². The second-order valence-electron chi connectivity index (χ2n) is 6.68. The number of rotatable bonds is 3. The number of amides is 2. The molecule has 1 spiro atoms. The van der Waals surface area contributed by atoms with Crippen molar-refractivity contribution in [2.24, 2.45) is 0 Å². The minimum atomic E-state index is -0.654. The lowest BCUT2D eigenvalue weighted by atomic mass is 9.80. The van der Waals surface area contributed by atoms with E-state index in [1.165, 1.54) is 10.5 Å². The number of hydrogen-bond acceptors (Lipinski definition) is 3. The first-order valence-electron chi connectivity index (χ1n) is 8.26. The molecule has 4 nitrogen and oxygen atoms in total. The third-order valence-corrected chi connectivity index (χ3v) is 5.31. The van der Waals surface area contributed by atoms with E-state index in [0.717, 1.165) is 29.5 Å². The molecule has 2 amide bonds. The summed E-state index contributed by atoms with van der Waals surface area (Å²) in [6.07, 6.45) is 1.85. The van der Waals surface area contributed by atoms with Crippen LogP contribution >= 0.6 is 0 Å². The second kappa shape index (κ2) is 5.56. The van der Waals surface area contributed by atoms with Crippen LogP contribution < -0.4 is 0 Å². The second-order valence-corrected chi connectivity index (χ2v) is 6.68. The fraction of sp³-hybridized carbons (Fsp3) is 0.300. The third-order valence-electron chi connectivity index (χ3n) is 5.31. The van der Waals surface area contributed by atoms with Crippen LogP contribution in [0.2, 0.25) is 0 Å². The number of aliphatic hydroxyl groups is 1. The van der Waals surface area contributed by atoms with E-state index in [1.807, 2.05) is 42.5 Å². The number of carbonyl (C=O) groups is 2. The van der Waals surface area contributed by atoms with Crippen LogP contribution in [-0.2, 0) is 34.6 Å². The van der Waals surface area contributed by atoms with Crippen LogP contribution in [0, 0.1) is 0 Å². The van der Waals surface area contributed by atoms with Gasteiger partial charge in [0.1, 0.15) is 0 Å². The molecule has 1 N–H and O–H groups in total. The van der Waals surface area contributed by atoms with Crippen LogP contribution in [0.1, 0.15) is 35.1 Å². The smallest absolute Gasteiger partial charge is 0.240 e. The highest BCUT2D eigenvalue weighted by molar-refractivity contribution is 6.09. The van der Waals surface area contributed by atoms with Crippen LogP contribution in [0.15, 0.2) is 48.5 Å². The number of hydrogen-bond donors (Lipinski definition) is 1. The SMILES string of the molecule is O=C1CC2(CCc3ccccc32)C(=O)N1Cc1ccc(CO)cc1. The van der Waals surface area contributed by atoms with Gasteiger partial charge >= 0.3 is 0 Å². The summed E-state index contributed by atoms with van der Waals surface area (Å²) in [5.41, 5.74) is 3.28. The number of fused-ring (bicyclic) bond motifs is 2. The standard InChI is InChI=1S/C20H19NO3/c22-13-15-7-5-14(6-8-15)12-21-18(23)11-20(19(21)24)10-9-16-3-1-2-4-17(16)20/h1-8,22H,9-13H2. The summed E-state index contributed by atoms with van der Waals surface area (Å²) < 4.78 is 0. The van der Waals surface area contributed by atoms with Crippen molar-refractivity contribution in [3.63, 3.8) is 0 Å². The molecule has 1 atom stereocenters.